The number of rotatable bonds is 4. The van der Waals surface area contributed by atoms with Crippen molar-refractivity contribution in [3.8, 4) is 5.75 Å². The van der Waals surface area contributed by atoms with Crippen molar-refractivity contribution in [1.29, 1.82) is 0 Å². The Labute approximate surface area is 196 Å². The summed E-state index contributed by atoms with van der Waals surface area (Å²) < 4.78 is 32.2. The molecule has 0 unspecified atom stereocenters. The number of hydrogen-bond acceptors (Lipinski definition) is 8. The number of benzene rings is 1. The summed E-state index contributed by atoms with van der Waals surface area (Å²) in [6.07, 6.45) is 0. The summed E-state index contributed by atoms with van der Waals surface area (Å²) in [4.78, 5) is 40.8. The van der Waals surface area contributed by atoms with E-state index >= 15 is 0 Å². The zero-order valence-electron chi connectivity index (χ0n) is 19.4. The Balaban J connectivity index is 1.60. The Morgan fingerprint density at radius 3 is 2.62 bits per heavy atom. The molecule has 3 N–H and O–H groups in total. The van der Waals surface area contributed by atoms with Gasteiger partial charge in [0.1, 0.15) is 30.5 Å². The van der Waals surface area contributed by atoms with Crippen LogP contribution in [0.4, 0.5) is 4.39 Å². The van der Waals surface area contributed by atoms with Gasteiger partial charge in [-0.05, 0) is 19.9 Å². The van der Waals surface area contributed by atoms with Crippen molar-refractivity contribution in [2.75, 3.05) is 19.8 Å². The van der Waals surface area contributed by atoms with E-state index in [1.165, 1.54) is 16.7 Å². The Kier molecular flexibility index (Phi) is 6.28. The van der Waals surface area contributed by atoms with Crippen molar-refractivity contribution in [2.45, 2.75) is 46.4 Å². The highest BCUT2D eigenvalue weighted by atomic mass is 31.2. The lowest BCUT2D eigenvalue weighted by Gasteiger charge is -2.32. The summed E-state index contributed by atoms with van der Waals surface area (Å²) in [6.45, 7) is 8.00. The van der Waals surface area contributed by atoms with Crippen molar-refractivity contribution in [1.82, 2.24) is 14.9 Å². The number of hydrogen-bond donors (Lipinski definition) is 3. The fraction of sp³-hybridized carbons (Fsp3) is 0.500. The Morgan fingerprint density at radius 2 is 1.94 bits per heavy atom. The fourth-order valence-corrected chi connectivity index (χ4v) is 5.98. The molecule has 0 atom stereocenters. The monoisotopic (exact) mass is 496 g/mol. The van der Waals surface area contributed by atoms with E-state index in [9.17, 15) is 24.0 Å². The summed E-state index contributed by atoms with van der Waals surface area (Å²) in [5.74, 6) is -1.96. The predicted octanol–water partition coefficient (Wildman–Crippen LogP) is 1.74. The minimum atomic E-state index is -3.57. The molecule has 1 aromatic heterocycles. The quantitative estimate of drug-likeness (QED) is 0.546. The van der Waals surface area contributed by atoms with E-state index in [0.717, 1.165) is 6.07 Å². The maximum Gasteiger partial charge on any atom is 0.446 e. The summed E-state index contributed by atoms with van der Waals surface area (Å²) in [5, 5.41) is 13.0. The van der Waals surface area contributed by atoms with E-state index in [4.69, 9.17) is 13.8 Å². The molecule has 1 saturated heterocycles. The van der Waals surface area contributed by atoms with Gasteiger partial charge in [-0.25, -0.2) is 9.37 Å². The highest BCUT2D eigenvalue weighted by molar-refractivity contribution is 7.68. The molecular formula is C22H28FN3O7P+. The van der Waals surface area contributed by atoms with Gasteiger partial charge in [-0.2, -0.15) is 13.9 Å². The smallest absolute Gasteiger partial charge is 0.446 e. The molecule has 1 amide bonds. The lowest BCUT2D eigenvalue weighted by molar-refractivity contribution is -0.0566. The van der Waals surface area contributed by atoms with Gasteiger partial charge in [0, 0.05) is 23.6 Å². The second-order valence-electron chi connectivity index (χ2n) is 9.64. The topological polar surface area (TPSA) is 132 Å². The summed E-state index contributed by atoms with van der Waals surface area (Å²) >= 11 is 0. The van der Waals surface area contributed by atoms with Crippen LogP contribution in [-0.4, -0.2) is 45.3 Å². The molecule has 4 rings (SSSR count). The number of aromatic nitrogens is 2. The van der Waals surface area contributed by atoms with E-state index < -0.39 is 42.3 Å². The highest BCUT2D eigenvalue weighted by Crippen LogP contribution is 2.60. The minimum absolute atomic E-state index is 0.112. The van der Waals surface area contributed by atoms with Crippen molar-refractivity contribution in [3.63, 3.8) is 0 Å². The van der Waals surface area contributed by atoms with Gasteiger partial charge in [-0.3, -0.25) is 14.2 Å². The van der Waals surface area contributed by atoms with Gasteiger partial charge in [0.25, 0.3) is 11.5 Å². The van der Waals surface area contributed by atoms with Gasteiger partial charge >= 0.3 is 7.94 Å². The molecule has 10 nitrogen and oxygen atoms in total. The highest BCUT2D eigenvalue weighted by Gasteiger charge is 2.52. The first-order chi connectivity index (χ1) is 15.8. The van der Waals surface area contributed by atoms with Crippen LogP contribution in [0.15, 0.2) is 23.0 Å². The maximum absolute atomic E-state index is 14.0. The molecule has 34 heavy (non-hydrogen) atoms. The van der Waals surface area contributed by atoms with Gasteiger partial charge in [0.05, 0.1) is 13.2 Å². The van der Waals surface area contributed by atoms with Gasteiger partial charge < -0.3 is 15.2 Å². The SMILES string of the molecule is CC1(C)CO[P+](O)(c2cc(F)ccc2CNC(=O)c2nc3n(c(=O)c2O)CCOC3(C)C)OC1. The molecule has 0 aliphatic carbocycles. The van der Waals surface area contributed by atoms with Gasteiger partial charge in [0.2, 0.25) is 5.75 Å². The number of amides is 1. The molecule has 0 radical (unpaired) electrons. The van der Waals surface area contributed by atoms with Crippen LogP contribution in [0.25, 0.3) is 0 Å². The molecule has 0 saturated carbocycles. The van der Waals surface area contributed by atoms with Crippen LogP contribution in [0.5, 0.6) is 5.75 Å². The Morgan fingerprint density at radius 1 is 1.26 bits per heavy atom. The number of fused-ring (bicyclic) bond motifs is 1. The number of nitrogens with one attached hydrogen (secondary N) is 1. The van der Waals surface area contributed by atoms with Crippen LogP contribution < -0.4 is 16.2 Å². The molecule has 0 bridgehead atoms. The average molecular weight is 496 g/mol. The van der Waals surface area contributed by atoms with E-state index in [-0.39, 0.29) is 49.5 Å². The summed E-state index contributed by atoms with van der Waals surface area (Å²) in [7, 11) is -3.57. The molecule has 0 spiro atoms. The van der Waals surface area contributed by atoms with E-state index in [1.54, 1.807) is 13.8 Å². The van der Waals surface area contributed by atoms with Crippen LogP contribution in [-0.2, 0) is 32.5 Å². The third-order valence-corrected chi connectivity index (χ3v) is 7.71. The van der Waals surface area contributed by atoms with Crippen molar-refractivity contribution in [3.05, 3.63) is 51.5 Å². The average Bonchev–Trinajstić information content (AvgIpc) is 2.77. The Hall–Kier alpha value is -2.43. The second kappa shape index (κ2) is 8.66. The molecule has 1 fully saturated rings. The largest absolute Gasteiger partial charge is 0.501 e. The number of ether oxygens (including phenoxy) is 1. The van der Waals surface area contributed by atoms with Crippen LogP contribution in [0, 0.1) is 11.2 Å². The molecule has 12 heteroatoms. The van der Waals surface area contributed by atoms with Crippen molar-refractivity contribution in [2.24, 2.45) is 5.41 Å². The van der Waals surface area contributed by atoms with E-state index in [2.05, 4.69) is 10.3 Å². The maximum atomic E-state index is 14.0. The molecule has 2 aliphatic heterocycles. The normalized spacial score (nSPS) is 20.4. The summed E-state index contributed by atoms with van der Waals surface area (Å²) in [5.41, 5.74) is -2.06. The standard InChI is InChI=1S/C22H27FN3O7P/c1-21(2)11-32-34(30,33-12-21)15-9-14(23)6-5-13(15)10-24-18(28)16-17(27)19(29)26-7-8-31-22(3,4)20(26)25-16/h5-6,9,30H,7-8,10-12H2,1-4H3,(H-,24,27,28)/p+1. The fourth-order valence-electron chi connectivity index (χ4n) is 3.78. The van der Waals surface area contributed by atoms with E-state index in [0.29, 0.717) is 5.56 Å². The summed E-state index contributed by atoms with van der Waals surface area (Å²) in [6, 6.07) is 3.71. The number of halogens is 1. The first kappa shape index (κ1) is 24.7. The third kappa shape index (κ3) is 4.58. The minimum Gasteiger partial charge on any atom is -0.501 e. The Bertz CT molecular complexity index is 1190. The van der Waals surface area contributed by atoms with Gasteiger partial charge in [-0.15, -0.1) is 0 Å². The molecule has 2 aromatic rings. The number of nitrogens with zero attached hydrogens (tertiary/aromatic N) is 2. The number of carbonyl (C=O) groups excluding carboxylic acids is 1. The molecule has 184 valence electrons. The van der Waals surface area contributed by atoms with Gasteiger partial charge in [0.15, 0.2) is 11.0 Å². The second-order valence-corrected chi connectivity index (χ2v) is 11.7. The molecular weight excluding hydrogens is 468 g/mol. The number of aromatic hydroxyl groups is 1. The zero-order valence-corrected chi connectivity index (χ0v) is 20.3. The third-order valence-electron chi connectivity index (χ3n) is 5.73. The van der Waals surface area contributed by atoms with Crippen molar-refractivity contribution >= 4 is 19.2 Å². The van der Waals surface area contributed by atoms with Crippen LogP contribution in [0.1, 0.15) is 49.6 Å². The van der Waals surface area contributed by atoms with Gasteiger partial charge in [-0.1, -0.05) is 19.9 Å². The van der Waals surface area contributed by atoms with Crippen LogP contribution in [0.2, 0.25) is 0 Å². The number of carbonyl (C=O) groups is 1. The van der Waals surface area contributed by atoms with Crippen molar-refractivity contribution < 1.29 is 33.0 Å². The lowest BCUT2D eigenvalue weighted by Crippen LogP contribution is -2.42. The lowest BCUT2D eigenvalue weighted by atomic mass is 9.97. The van der Waals surface area contributed by atoms with Crippen LogP contribution >= 0.6 is 7.94 Å². The first-order valence-corrected chi connectivity index (χ1v) is 12.4. The first-order valence-electron chi connectivity index (χ1n) is 10.8. The zero-order chi connectivity index (χ0) is 24.9. The molecule has 2 aliphatic rings. The molecule has 1 aromatic carbocycles. The molecule has 3 heterocycles. The van der Waals surface area contributed by atoms with E-state index in [1.807, 2.05) is 13.8 Å². The predicted molar refractivity (Wildman–Crippen MR) is 121 cm³/mol. The van der Waals surface area contributed by atoms with Crippen LogP contribution in [0.3, 0.4) is 0 Å².